The summed E-state index contributed by atoms with van der Waals surface area (Å²) in [5, 5.41) is 4.19. The number of rotatable bonds is 6. The molecule has 0 aliphatic carbocycles. The molecule has 2 saturated heterocycles. The lowest BCUT2D eigenvalue weighted by molar-refractivity contribution is -0.139. The smallest absolute Gasteiger partial charge is 0.410 e. The van der Waals surface area contributed by atoms with Gasteiger partial charge in [-0.05, 0) is 66.2 Å². The van der Waals surface area contributed by atoms with E-state index in [0.717, 1.165) is 61.0 Å². The molecule has 0 saturated carbocycles. The van der Waals surface area contributed by atoms with E-state index < -0.39 is 17.7 Å². The normalized spacial score (nSPS) is 19.1. The summed E-state index contributed by atoms with van der Waals surface area (Å²) in [6.07, 6.45) is 7.78. The van der Waals surface area contributed by atoms with Gasteiger partial charge in [-0.15, -0.1) is 11.3 Å². The van der Waals surface area contributed by atoms with Gasteiger partial charge in [0.1, 0.15) is 23.3 Å². The molecule has 9 nitrogen and oxygen atoms in total. The lowest BCUT2D eigenvalue weighted by Crippen LogP contribution is -2.55. The number of likely N-dealkylation sites (tertiary alicyclic amines) is 2. The van der Waals surface area contributed by atoms with Gasteiger partial charge in [0.2, 0.25) is 5.91 Å². The predicted octanol–water partition coefficient (Wildman–Crippen LogP) is 5.43. The predicted molar refractivity (Wildman–Crippen MR) is 145 cm³/mol. The number of hydrogen-bond acceptors (Lipinski definition) is 8. The Hall–Kier alpha value is -2.75. The second kappa shape index (κ2) is 11.8. The average molecular weight is 529 g/mol. The van der Waals surface area contributed by atoms with Crippen molar-refractivity contribution in [1.29, 1.82) is 0 Å². The molecule has 37 heavy (non-hydrogen) atoms. The van der Waals surface area contributed by atoms with Gasteiger partial charge in [0.25, 0.3) is 0 Å². The molecule has 4 heterocycles. The van der Waals surface area contributed by atoms with Gasteiger partial charge >= 0.3 is 6.09 Å². The van der Waals surface area contributed by atoms with Crippen LogP contribution in [0.2, 0.25) is 0 Å². The number of thiazole rings is 1. The highest BCUT2D eigenvalue weighted by molar-refractivity contribution is 7.15. The Morgan fingerprint density at radius 1 is 1.14 bits per heavy atom. The van der Waals surface area contributed by atoms with Gasteiger partial charge in [0.15, 0.2) is 5.13 Å². The van der Waals surface area contributed by atoms with Crippen molar-refractivity contribution in [2.75, 3.05) is 25.0 Å². The highest BCUT2D eigenvalue weighted by atomic mass is 32.1. The summed E-state index contributed by atoms with van der Waals surface area (Å²) in [5.41, 5.74) is 0.325. The van der Waals surface area contributed by atoms with E-state index in [9.17, 15) is 9.59 Å². The van der Waals surface area contributed by atoms with E-state index in [1.807, 2.05) is 44.9 Å². The van der Waals surface area contributed by atoms with Crippen LogP contribution in [-0.4, -0.2) is 68.0 Å². The van der Waals surface area contributed by atoms with Crippen LogP contribution in [0, 0.1) is 6.92 Å². The zero-order valence-electron chi connectivity index (χ0n) is 22.7. The molecule has 2 aliphatic rings. The summed E-state index contributed by atoms with van der Waals surface area (Å²) in [7, 11) is 0. The molecule has 1 N–H and O–H groups in total. The number of nitrogens with zero attached hydrogens (tertiary/aromatic N) is 5. The molecule has 2 aromatic rings. The maximum absolute atomic E-state index is 13.5. The van der Waals surface area contributed by atoms with E-state index >= 15 is 0 Å². The second-order valence-electron chi connectivity index (χ2n) is 11.0. The van der Waals surface area contributed by atoms with Crippen LogP contribution < -0.4 is 5.32 Å². The van der Waals surface area contributed by atoms with Gasteiger partial charge in [0, 0.05) is 48.4 Å². The number of ether oxygens (including phenoxy) is 1. The highest BCUT2D eigenvalue weighted by Gasteiger charge is 2.38. The van der Waals surface area contributed by atoms with Gasteiger partial charge in [-0.25, -0.2) is 19.7 Å². The van der Waals surface area contributed by atoms with E-state index in [2.05, 4.69) is 17.2 Å². The van der Waals surface area contributed by atoms with Gasteiger partial charge in [0.05, 0.1) is 0 Å². The number of nitrogens with one attached hydrogen (secondary N) is 1. The van der Waals surface area contributed by atoms with E-state index in [1.54, 1.807) is 16.2 Å². The largest absolute Gasteiger partial charge is 0.444 e. The third kappa shape index (κ3) is 7.18. The van der Waals surface area contributed by atoms with Gasteiger partial charge in [-0.2, -0.15) is 0 Å². The van der Waals surface area contributed by atoms with E-state index in [1.165, 1.54) is 4.88 Å². The van der Waals surface area contributed by atoms with Crippen molar-refractivity contribution in [1.82, 2.24) is 24.8 Å². The molecule has 2 aliphatic heterocycles. The fourth-order valence-electron chi connectivity index (χ4n) is 4.97. The number of amides is 2. The SMILES string of the molecule is CCCc1cnc(Nc2cc(C)nc(C3CCN(C(=O)[C@H]4CCCCN4C(=O)OC(C)(C)C)CC3)n2)s1. The lowest BCUT2D eigenvalue weighted by atomic mass is 9.94. The van der Waals surface area contributed by atoms with Crippen molar-refractivity contribution in [3.8, 4) is 0 Å². The third-order valence-electron chi connectivity index (χ3n) is 6.74. The molecular weight excluding hydrogens is 488 g/mol. The summed E-state index contributed by atoms with van der Waals surface area (Å²) in [6.45, 7) is 11.5. The van der Waals surface area contributed by atoms with Crippen LogP contribution in [0.25, 0.3) is 0 Å². The van der Waals surface area contributed by atoms with Gasteiger partial charge in [-0.3, -0.25) is 9.69 Å². The van der Waals surface area contributed by atoms with Gasteiger partial charge in [-0.1, -0.05) is 13.3 Å². The molecule has 0 bridgehead atoms. The Bertz CT molecular complexity index is 1090. The third-order valence-corrected chi connectivity index (χ3v) is 7.72. The Kier molecular flexibility index (Phi) is 8.67. The molecule has 2 aromatic heterocycles. The number of hydrogen-bond donors (Lipinski definition) is 1. The zero-order valence-corrected chi connectivity index (χ0v) is 23.6. The Morgan fingerprint density at radius 2 is 1.89 bits per heavy atom. The molecule has 0 unspecified atom stereocenters. The fourth-order valence-corrected chi connectivity index (χ4v) is 5.89. The minimum absolute atomic E-state index is 0.0307. The first kappa shape index (κ1) is 27.3. The monoisotopic (exact) mass is 528 g/mol. The number of carbonyl (C=O) groups is 2. The Labute approximate surface area is 224 Å². The second-order valence-corrected chi connectivity index (χ2v) is 12.2. The molecule has 202 valence electrons. The molecule has 0 aromatic carbocycles. The maximum atomic E-state index is 13.5. The fraction of sp³-hybridized carbons (Fsp3) is 0.667. The number of piperidine rings is 2. The lowest BCUT2D eigenvalue weighted by Gasteiger charge is -2.40. The standard InChI is InChI=1S/C27H40N6O3S/c1-6-9-20-17-28-25(37-20)31-22-16-18(2)29-23(30-22)19-11-14-32(15-12-19)24(34)21-10-7-8-13-33(21)26(35)36-27(3,4)5/h16-17,19,21H,6-15H2,1-5H3,(H,28,29,30,31)/t21-/m1/s1. The quantitative estimate of drug-likeness (QED) is 0.533. The molecule has 4 rings (SSSR count). The number of aromatic nitrogens is 3. The summed E-state index contributed by atoms with van der Waals surface area (Å²) in [5.74, 6) is 1.79. The zero-order chi connectivity index (χ0) is 26.6. The van der Waals surface area contributed by atoms with Crippen molar-refractivity contribution in [2.45, 2.75) is 97.1 Å². The summed E-state index contributed by atoms with van der Waals surface area (Å²) < 4.78 is 5.59. The minimum atomic E-state index is -0.584. The summed E-state index contributed by atoms with van der Waals surface area (Å²) >= 11 is 1.66. The van der Waals surface area contributed by atoms with Crippen LogP contribution >= 0.6 is 11.3 Å². The van der Waals surface area contributed by atoms with Crippen LogP contribution in [0.1, 0.15) is 88.5 Å². The van der Waals surface area contributed by atoms with Crippen molar-refractivity contribution < 1.29 is 14.3 Å². The first-order valence-corrected chi connectivity index (χ1v) is 14.3. The van der Waals surface area contributed by atoms with Crippen molar-refractivity contribution in [3.05, 3.63) is 28.7 Å². The number of carbonyl (C=O) groups excluding carboxylic acids is 2. The summed E-state index contributed by atoms with van der Waals surface area (Å²) in [6, 6.07) is 1.50. The number of anilines is 2. The molecular formula is C27H40N6O3S. The van der Waals surface area contributed by atoms with Crippen LogP contribution in [0.5, 0.6) is 0 Å². The molecule has 2 fully saturated rings. The minimum Gasteiger partial charge on any atom is -0.444 e. The molecule has 0 radical (unpaired) electrons. The maximum Gasteiger partial charge on any atom is 0.410 e. The van der Waals surface area contributed by atoms with Crippen molar-refractivity contribution in [2.24, 2.45) is 0 Å². The van der Waals surface area contributed by atoms with E-state index in [-0.39, 0.29) is 11.8 Å². The van der Waals surface area contributed by atoms with E-state index in [0.29, 0.717) is 26.1 Å². The van der Waals surface area contributed by atoms with Crippen molar-refractivity contribution >= 4 is 34.3 Å². The van der Waals surface area contributed by atoms with E-state index in [4.69, 9.17) is 14.7 Å². The van der Waals surface area contributed by atoms with Gasteiger partial charge < -0.3 is 15.0 Å². The first-order chi connectivity index (χ1) is 17.6. The van der Waals surface area contributed by atoms with Crippen molar-refractivity contribution in [3.63, 3.8) is 0 Å². The Morgan fingerprint density at radius 3 is 2.59 bits per heavy atom. The molecule has 10 heteroatoms. The average Bonchev–Trinajstić information content (AvgIpc) is 3.29. The molecule has 2 amide bonds. The molecule has 0 spiro atoms. The van der Waals surface area contributed by atoms with Crippen LogP contribution in [0.15, 0.2) is 12.3 Å². The highest BCUT2D eigenvalue weighted by Crippen LogP contribution is 2.30. The topological polar surface area (TPSA) is 101 Å². The number of aryl methyl sites for hydroxylation is 2. The van der Waals surface area contributed by atoms with Crippen LogP contribution in [0.4, 0.5) is 15.7 Å². The molecule has 1 atom stereocenters. The van der Waals surface area contributed by atoms with Crippen LogP contribution in [0.3, 0.4) is 0 Å². The first-order valence-electron chi connectivity index (χ1n) is 13.5. The van der Waals surface area contributed by atoms with Crippen LogP contribution in [-0.2, 0) is 16.0 Å². The summed E-state index contributed by atoms with van der Waals surface area (Å²) in [4.78, 5) is 45.1. The Balaban J connectivity index is 1.38.